The lowest BCUT2D eigenvalue weighted by molar-refractivity contribution is -0.123. The molecular weight excluding hydrogens is 556 g/mol. The molecule has 1 fully saturated rings. The van der Waals surface area contributed by atoms with E-state index in [1.54, 1.807) is 30.3 Å². The fourth-order valence-corrected chi connectivity index (χ4v) is 4.59. The maximum absolute atomic E-state index is 13.1. The van der Waals surface area contributed by atoms with Crippen molar-refractivity contribution in [1.29, 1.82) is 0 Å². The van der Waals surface area contributed by atoms with E-state index in [-0.39, 0.29) is 36.3 Å². The third-order valence-electron chi connectivity index (χ3n) is 5.15. The van der Waals surface area contributed by atoms with Crippen molar-refractivity contribution in [3.63, 3.8) is 0 Å². The highest BCUT2D eigenvalue weighted by Crippen LogP contribution is 2.38. The fraction of sp³-hybridized carbons (Fsp3) is 0.154. The van der Waals surface area contributed by atoms with Gasteiger partial charge >= 0.3 is 0 Å². The normalized spacial score (nSPS) is 14.4. The molecule has 0 aromatic heterocycles. The van der Waals surface area contributed by atoms with Crippen LogP contribution in [-0.4, -0.2) is 36.3 Å². The molecule has 10 heteroatoms. The molecule has 36 heavy (non-hydrogen) atoms. The third kappa shape index (κ3) is 6.24. The van der Waals surface area contributed by atoms with E-state index in [4.69, 9.17) is 14.2 Å². The molecule has 1 saturated heterocycles. The van der Waals surface area contributed by atoms with Gasteiger partial charge in [-0.05, 0) is 77.5 Å². The van der Waals surface area contributed by atoms with Crippen molar-refractivity contribution < 1.29 is 32.6 Å². The summed E-state index contributed by atoms with van der Waals surface area (Å²) in [4.78, 5) is 26.6. The zero-order chi connectivity index (χ0) is 25.7. The van der Waals surface area contributed by atoms with Gasteiger partial charge in [0.05, 0.1) is 18.6 Å². The van der Waals surface area contributed by atoms with Gasteiger partial charge in [0.1, 0.15) is 30.6 Å². The SMILES string of the molecule is COc1cc(/C=C2\SC(=O)N(CCOc3ccc(F)cc3)C2=O)c(Br)cc1OCc1ccc(F)cc1. The predicted molar refractivity (Wildman–Crippen MR) is 136 cm³/mol. The number of benzene rings is 3. The van der Waals surface area contributed by atoms with E-state index in [2.05, 4.69) is 15.9 Å². The number of halogens is 3. The molecule has 0 aliphatic carbocycles. The first kappa shape index (κ1) is 25.7. The van der Waals surface area contributed by atoms with Crippen LogP contribution < -0.4 is 14.2 Å². The van der Waals surface area contributed by atoms with Crippen LogP contribution in [0.15, 0.2) is 70.0 Å². The molecular formula is C26H20BrF2NO5S. The Balaban J connectivity index is 1.43. The van der Waals surface area contributed by atoms with Crippen molar-refractivity contribution in [3.05, 3.63) is 92.8 Å². The van der Waals surface area contributed by atoms with Crippen molar-refractivity contribution in [2.75, 3.05) is 20.3 Å². The summed E-state index contributed by atoms with van der Waals surface area (Å²) in [6.07, 6.45) is 1.60. The highest BCUT2D eigenvalue weighted by Gasteiger charge is 2.35. The van der Waals surface area contributed by atoms with Crippen molar-refractivity contribution in [1.82, 2.24) is 4.90 Å². The van der Waals surface area contributed by atoms with Gasteiger partial charge < -0.3 is 14.2 Å². The Hall–Kier alpha value is -3.37. The Labute approximate surface area is 219 Å². The third-order valence-corrected chi connectivity index (χ3v) is 6.74. The summed E-state index contributed by atoms with van der Waals surface area (Å²) in [6, 6.07) is 14.9. The van der Waals surface area contributed by atoms with Gasteiger partial charge in [0, 0.05) is 4.47 Å². The molecule has 0 spiro atoms. The van der Waals surface area contributed by atoms with E-state index in [1.807, 2.05) is 0 Å². The molecule has 2 amide bonds. The maximum Gasteiger partial charge on any atom is 0.293 e. The van der Waals surface area contributed by atoms with E-state index >= 15 is 0 Å². The Morgan fingerprint density at radius 3 is 2.28 bits per heavy atom. The predicted octanol–water partition coefficient (Wildman–Crippen LogP) is 6.43. The molecule has 1 heterocycles. The first-order valence-corrected chi connectivity index (χ1v) is 12.3. The van der Waals surface area contributed by atoms with E-state index in [9.17, 15) is 18.4 Å². The molecule has 0 unspecified atom stereocenters. The molecule has 0 bridgehead atoms. The van der Waals surface area contributed by atoms with Gasteiger partial charge in [-0.25, -0.2) is 8.78 Å². The number of carbonyl (C=O) groups excluding carboxylic acids is 2. The fourth-order valence-electron chi connectivity index (χ4n) is 3.30. The molecule has 0 atom stereocenters. The minimum atomic E-state index is -0.435. The summed E-state index contributed by atoms with van der Waals surface area (Å²) in [7, 11) is 1.49. The maximum atomic E-state index is 13.1. The van der Waals surface area contributed by atoms with Crippen molar-refractivity contribution in [2.45, 2.75) is 6.61 Å². The number of carbonyl (C=O) groups is 2. The van der Waals surface area contributed by atoms with Crippen LogP contribution >= 0.6 is 27.7 Å². The Morgan fingerprint density at radius 2 is 1.61 bits per heavy atom. The largest absolute Gasteiger partial charge is 0.493 e. The number of amides is 2. The van der Waals surface area contributed by atoms with E-state index in [0.717, 1.165) is 22.2 Å². The average Bonchev–Trinajstić information content (AvgIpc) is 3.13. The van der Waals surface area contributed by atoms with Crippen molar-refractivity contribution in [2.24, 2.45) is 0 Å². The number of rotatable bonds is 9. The van der Waals surface area contributed by atoms with E-state index in [0.29, 0.717) is 27.3 Å². The molecule has 0 radical (unpaired) electrons. The number of thioether (sulfide) groups is 1. The van der Waals surface area contributed by atoms with Gasteiger partial charge in [0.2, 0.25) is 0 Å². The first-order valence-electron chi connectivity index (χ1n) is 10.7. The number of imide groups is 1. The Kier molecular flexibility index (Phi) is 8.27. The van der Waals surface area contributed by atoms with Crippen LogP contribution in [0.25, 0.3) is 6.08 Å². The second kappa shape index (κ2) is 11.6. The van der Waals surface area contributed by atoms with Gasteiger partial charge in [-0.3, -0.25) is 14.5 Å². The smallest absolute Gasteiger partial charge is 0.293 e. The monoisotopic (exact) mass is 575 g/mol. The van der Waals surface area contributed by atoms with Crippen LogP contribution in [0.4, 0.5) is 13.6 Å². The van der Waals surface area contributed by atoms with Gasteiger partial charge in [-0.15, -0.1) is 0 Å². The number of methoxy groups -OCH3 is 1. The minimum Gasteiger partial charge on any atom is -0.493 e. The Bertz CT molecular complexity index is 1300. The van der Waals surface area contributed by atoms with Gasteiger partial charge in [0.25, 0.3) is 11.1 Å². The molecule has 3 aromatic rings. The number of hydrogen-bond donors (Lipinski definition) is 0. The van der Waals surface area contributed by atoms with Gasteiger partial charge in [-0.2, -0.15) is 0 Å². The van der Waals surface area contributed by atoms with Crippen molar-refractivity contribution in [3.8, 4) is 17.2 Å². The number of hydrogen-bond acceptors (Lipinski definition) is 6. The topological polar surface area (TPSA) is 65.1 Å². The van der Waals surface area contributed by atoms with Crippen LogP contribution in [0.2, 0.25) is 0 Å². The molecule has 0 saturated carbocycles. The van der Waals surface area contributed by atoms with Crippen LogP contribution in [0.3, 0.4) is 0 Å². The lowest BCUT2D eigenvalue weighted by Gasteiger charge is -2.14. The first-order chi connectivity index (χ1) is 17.3. The summed E-state index contributed by atoms with van der Waals surface area (Å²) >= 11 is 4.31. The summed E-state index contributed by atoms with van der Waals surface area (Å²) in [6.45, 7) is 0.343. The quantitative estimate of drug-likeness (QED) is 0.274. The Morgan fingerprint density at radius 1 is 0.944 bits per heavy atom. The zero-order valence-electron chi connectivity index (χ0n) is 19.0. The summed E-state index contributed by atoms with van der Waals surface area (Å²) in [5.74, 6) is 0.184. The highest BCUT2D eigenvalue weighted by atomic mass is 79.9. The second-order valence-electron chi connectivity index (χ2n) is 7.58. The lowest BCUT2D eigenvalue weighted by atomic mass is 10.1. The molecule has 3 aromatic carbocycles. The zero-order valence-corrected chi connectivity index (χ0v) is 21.4. The van der Waals surface area contributed by atoms with Crippen LogP contribution in [0.1, 0.15) is 11.1 Å². The standard InChI is InChI=1S/C26H20BrF2NO5S/c1-33-22-12-17(21(27)14-23(22)35-15-16-2-4-18(28)5-3-16)13-24-25(31)30(26(32)36-24)10-11-34-20-8-6-19(29)7-9-20/h2-9,12-14H,10-11,15H2,1H3/b24-13-. The van der Waals surface area contributed by atoms with Crippen LogP contribution in [0.5, 0.6) is 17.2 Å². The molecule has 1 aliphatic heterocycles. The van der Waals surface area contributed by atoms with Gasteiger partial charge in [0.15, 0.2) is 11.5 Å². The van der Waals surface area contributed by atoms with Gasteiger partial charge in [-0.1, -0.05) is 28.1 Å². The van der Waals surface area contributed by atoms with E-state index < -0.39 is 11.1 Å². The van der Waals surface area contributed by atoms with E-state index in [1.165, 1.54) is 43.5 Å². The van der Waals surface area contributed by atoms with Crippen LogP contribution in [-0.2, 0) is 11.4 Å². The number of nitrogens with zero attached hydrogens (tertiary/aromatic N) is 1. The van der Waals surface area contributed by atoms with Crippen LogP contribution in [0, 0.1) is 11.6 Å². The van der Waals surface area contributed by atoms with Crippen molar-refractivity contribution >= 4 is 44.9 Å². The molecule has 4 rings (SSSR count). The summed E-state index contributed by atoms with van der Waals surface area (Å²) in [5.41, 5.74) is 1.41. The molecule has 1 aliphatic rings. The average molecular weight is 576 g/mol. The molecule has 6 nitrogen and oxygen atoms in total. The summed E-state index contributed by atoms with van der Waals surface area (Å²) < 4.78 is 43.5. The summed E-state index contributed by atoms with van der Waals surface area (Å²) in [5, 5.41) is -0.406. The molecule has 0 N–H and O–H groups in total. The lowest BCUT2D eigenvalue weighted by Crippen LogP contribution is -2.32. The molecule has 186 valence electrons. The second-order valence-corrected chi connectivity index (χ2v) is 9.42. The highest BCUT2D eigenvalue weighted by molar-refractivity contribution is 9.10. The number of ether oxygens (including phenoxy) is 3. The minimum absolute atomic E-state index is 0.0556.